The van der Waals surface area contributed by atoms with Gasteiger partial charge in [-0.05, 0) is 55.2 Å². The normalized spacial score (nSPS) is 12.4. The summed E-state index contributed by atoms with van der Waals surface area (Å²) in [6.45, 7) is 1.92. The van der Waals surface area contributed by atoms with E-state index in [1.54, 1.807) is 30.3 Å². The maximum Gasteiger partial charge on any atom is 0.353 e. The highest BCUT2D eigenvalue weighted by Crippen LogP contribution is 2.23. The van der Waals surface area contributed by atoms with Crippen LogP contribution >= 0.6 is 11.3 Å². The van der Waals surface area contributed by atoms with Crippen LogP contribution in [0.2, 0.25) is 0 Å². The predicted molar refractivity (Wildman–Crippen MR) is 121 cm³/mol. The number of carbonyl (C=O) groups excluding carboxylic acids is 2. The van der Waals surface area contributed by atoms with E-state index in [4.69, 9.17) is 26.1 Å². The number of carboxylic acid groups (broad SMARTS) is 2. The van der Waals surface area contributed by atoms with Crippen LogP contribution in [0.15, 0.2) is 36.4 Å². The highest BCUT2D eigenvalue weighted by Gasteiger charge is 2.23. The molecular formula is C22H25N3O7S. The maximum atomic E-state index is 12.4. The lowest BCUT2D eigenvalue weighted by Crippen LogP contribution is -2.42. The first kappa shape index (κ1) is 25.5. The number of aliphatic carboxylic acids is 2. The molecule has 33 heavy (non-hydrogen) atoms. The molecule has 0 aliphatic carbocycles. The zero-order valence-corrected chi connectivity index (χ0v) is 18.7. The van der Waals surface area contributed by atoms with Gasteiger partial charge in [0.2, 0.25) is 5.91 Å². The van der Waals surface area contributed by atoms with E-state index in [1.165, 1.54) is 11.3 Å². The number of amidine groups is 1. The Morgan fingerprint density at radius 1 is 1.12 bits per heavy atom. The molecule has 176 valence electrons. The van der Waals surface area contributed by atoms with Crippen LogP contribution in [0.25, 0.3) is 0 Å². The fourth-order valence-electron chi connectivity index (χ4n) is 2.92. The molecule has 0 bridgehead atoms. The Morgan fingerprint density at radius 2 is 1.79 bits per heavy atom. The summed E-state index contributed by atoms with van der Waals surface area (Å²) in [5.74, 6) is -3.41. The van der Waals surface area contributed by atoms with E-state index >= 15 is 0 Å². The third-order valence-corrected chi connectivity index (χ3v) is 5.75. The number of hydrogen-bond acceptors (Lipinski definition) is 7. The number of rotatable bonds is 12. The van der Waals surface area contributed by atoms with Crippen molar-refractivity contribution < 1.29 is 34.1 Å². The average Bonchev–Trinajstić information content (AvgIpc) is 3.20. The molecule has 1 amide bonds. The number of ether oxygens (including phenoxy) is 1. The summed E-state index contributed by atoms with van der Waals surface area (Å²) >= 11 is 1.28. The number of thiophene rings is 1. The molecule has 0 aliphatic heterocycles. The molecule has 2 atom stereocenters. The van der Waals surface area contributed by atoms with E-state index in [2.05, 4.69) is 5.32 Å². The molecule has 1 heterocycles. The SMILES string of the molecule is CC(CCC(=O)N[C@@H](CC(=O)O)C(=O)O)Cc1ccc(C(=O)Oc2ccc(C(=N)N)cc2)s1. The van der Waals surface area contributed by atoms with Gasteiger partial charge < -0.3 is 26.0 Å². The number of esters is 1. The highest BCUT2D eigenvalue weighted by molar-refractivity contribution is 7.13. The fraction of sp³-hybridized carbons (Fsp3) is 0.318. The number of carboxylic acids is 2. The number of benzene rings is 1. The number of nitrogens with two attached hydrogens (primary N) is 1. The molecule has 1 aromatic heterocycles. The van der Waals surface area contributed by atoms with Crippen molar-refractivity contribution in [3.63, 3.8) is 0 Å². The topological polar surface area (TPSA) is 180 Å². The molecular weight excluding hydrogens is 450 g/mol. The van der Waals surface area contributed by atoms with Crippen LogP contribution < -0.4 is 15.8 Å². The minimum absolute atomic E-state index is 0.0566. The Kier molecular flexibility index (Phi) is 9.10. The average molecular weight is 476 g/mol. The number of nitrogen functional groups attached to an aromatic ring is 1. The van der Waals surface area contributed by atoms with Crippen LogP contribution in [-0.4, -0.2) is 45.9 Å². The van der Waals surface area contributed by atoms with Crippen molar-refractivity contribution in [1.82, 2.24) is 5.32 Å². The Labute approximate surface area is 193 Å². The van der Waals surface area contributed by atoms with E-state index in [9.17, 15) is 19.2 Å². The summed E-state index contributed by atoms with van der Waals surface area (Å²) in [7, 11) is 0. The lowest BCUT2D eigenvalue weighted by Gasteiger charge is -2.14. The van der Waals surface area contributed by atoms with Crippen molar-refractivity contribution in [2.75, 3.05) is 0 Å². The molecule has 0 radical (unpaired) electrons. The van der Waals surface area contributed by atoms with Crippen molar-refractivity contribution in [1.29, 1.82) is 5.41 Å². The Hall–Kier alpha value is -3.73. The minimum Gasteiger partial charge on any atom is -0.481 e. The summed E-state index contributed by atoms with van der Waals surface area (Å²) in [5, 5.41) is 27.3. The van der Waals surface area contributed by atoms with Gasteiger partial charge in [-0.15, -0.1) is 11.3 Å². The summed E-state index contributed by atoms with van der Waals surface area (Å²) < 4.78 is 5.33. The van der Waals surface area contributed by atoms with E-state index in [-0.39, 0.29) is 18.2 Å². The smallest absolute Gasteiger partial charge is 0.353 e. The van der Waals surface area contributed by atoms with E-state index < -0.39 is 36.3 Å². The molecule has 1 unspecified atom stereocenters. The molecule has 0 saturated carbocycles. The molecule has 0 fully saturated rings. The van der Waals surface area contributed by atoms with Gasteiger partial charge in [-0.1, -0.05) is 6.92 Å². The molecule has 2 rings (SSSR count). The Bertz CT molecular complexity index is 1030. The van der Waals surface area contributed by atoms with E-state index in [0.717, 1.165) is 4.88 Å². The molecule has 10 nitrogen and oxygen atoms in total. The van der Waals surface area contributed by atoms with Gasteiger partial charge in [-0.3, -0.25) is 15.0 Å². The number of carbonyl (C=O) groups is 4. The van der Waals surface area contributed by atoms with Gasteiger partial charge in [0.15, 0.2) is 0 Å². The third kappa shape index (κ3) is 8.37. The Balaban J connectivity index is 1.83. The lowest BCUT2D eigenvalue weighted by atomic mass is 10.0. The summed E-state index contributed by atoms with van der Waals surface area (Å²) in [4.78, 5) is 47.4. The van der Waals surface area contributed by atoms with Crippen LogP contribution in [-0.2, 0) is 20.8 Å². The number of nitrogens with one attached hydrogen (secondary N) is 2. The largest absolute Gasteiger partial charge is 0.481 e. The zero-order valence-electron chi connectivity index (χ0n) is 17.9. The predicted octanol–water partition coefficient (Wildman–Crippen LogP) is 2.25. The Morgan fingerprint density at radius 3 is 2.36 bits per heavy atom. The van der Waals surface area contributed by atoms with Crippen molar-refractivity contribution in [2.24, 2.45) is 11.7 Å². The highest BCUT2D eigenvalue weighted by atomic mass is 32.1. The van der Waals surface area contributed by atoms with Gasteiger partial charge in [0.25, 0.3) is 0 Å². The van der Waals surface area contributed by atoms with Gasteiger partial charge in [-0.25, -0.2) is 9.59 Å². The molecule has 6 N–H and O–H groups in total. The van der Waals surface area contributed by atoms with Gasteiger partial charge in [0.1, 0.15) is 22.5 Å². The van der Waals surface area contributed by atoms with Crippen LogP contribution in [0, 0.1) is 11.3 Å². The molecule has 2 aromatic rings. The van der Waals surface area contributed by atoms with Crippen molar-refractivity contribution in [2.45, 2.75) is 38.6 Å². The second-order valence-electron chi connectivity index (χ2n) is 7.50. The second kappa shape index (κ2) is 11.8. The second-order valence-corrected chi connectivity index (χ2v) is 8.67. The first-order valence-corrected chi connectivity index (χ1v) is 10.9. The van der Waals surface area contributed by atoms with Gasteiger partial charge in [-0.2, -0.15) is 0 Å². The standard InChI is InChI=1S/C22H25N3O7S/c1-12(2-9-18(26)25-16(21(29)30)11-19(27)28)10-15-7-8-17(33-15)22(31)32-14-5-3-13(4-6-14)20(23)24/h3-8,12,16H,2,9-11H2,1H3,(H3,23,24)(H,25,26)(H,27,28)(H,29,30)/t12?,16-/m0/s1. The number of amides is 1. The van der Waals surface area contributed by atoms with Crippen molar-refractivity contribution in [3.8, 4) is 5.75 Å². The fourth-order valence-corrected chi connectivity index (χ4v) is 3.97. The number of hydrogen-bond donors (Lipinski definition) is 5. The van der Waals surface area contributed by atoms with E-state index in [1.807, 2.05) is 13.0 Å². The van der Waals surface area contributed by atoms with Crippen molar-refractivity contribution >= 4 is 41.0 Å². The molecule has 1 aromatic carbocycles. The first-order valence-electron chi connectivity index (χ1n) is 10.0. The van der Waals surface area contributed by atoms with Crippen LogP contribution in [0.1, 0.15) is 46.3 Å². The van der Waals surface area contributed by atoms with Crippen LogP contribution in [0.5, 0.6) is 5.75 Å². The minimum atomic E-state index is -1.46. The molecule has 0 saturated heterocycles. The molecule has 11 heteroatoms. The van der Waals surface area contributed by atoms with E-state index in [0.29, 0.717) is 29.0 Å². The zero-order chi connectivity index (χ0) is 24.5. The lowest BCUT2D eigenvalue weighted by molar-refractivity contribution is -0.147. The third-order valence-electron chi connectivity index (χ3n) is 4.66. The first-order chi connectivity index (χ1) is 15.5. The van der Waals surface area contributed by atoms with Gasteiger partial charge in [0.05, 0.1) is 6.42 Å². The summed E-state index contributed by atoms with van der Waals surface area (Å²) in [5.41, 5.74) is 5.92. The van der Waals surface area contributed by atoms with Gasteiger partial charge >= 0.3 is 17.9 Å². The van der Waals surface area contributed by atoms with Crippen LogP contribution in [0.3, 0.4) is 0 Å². The maximum absolute atomic E-state index is 12.4. The monoisotopic (exact) mass is 475 g/mol. The molecule has 0 aliphatic rings. The summed E-state index contributed by atoms with van der Waals surface area (Å²) in [6, 6.07) is 8.30. The summed E-state index contributed by atoms with van der Waals surface area (Å²) in [6.07, 6.45) is 0.439. The van der Waals surface area contributed by atoms with Gasteiger partial charge in [0, 0.05) is 16.9 Å². The molecule has 0 spiro atoms. The van der Waals surface area contributed by atoms with Crippen LogP contribution in [0.4, 0.5) is 0 Å². The van der Waals surface area contributed by atoms with Crippen molar-refractivity contribution in [3.05, 3.63) is 51.7 Å². The quantitative estimate of drug-likeness (QED) is 0.134.